The molecular formula is C25H50O8. The molecule has 1 heterocycles. The molecule has 1 fully saturated rings. The molecule has 0 spiro atoms. The lowest BCUT2D eigenvalue weighted by molar-refractivity contribution is -0.304. The van der Waals surface area contributed by atoms with Crippen molar-refractivity contribution in [1.29, 1.82) is 0 Å². The van der Waals surface area contributed by atoms with Gasteiger partial charge in [-0.25, -0.2) is 0 Å². The second-order valence-corrected chi connectivity index (χ2v) is 9.74. The summed E-state index contributed by atoms with van der Waals surface area (Å²) in [4.78, 5) is 0. The van der Waals surface area contributed by atoms with E-state index in [0.29, 0.717) is 6.42 Å². The Morgan fingerprint density at radius 1 is 0.758 bits per heavy atom. The first kappa shape index (κ1) is 30.7. The zero-order valence-electron chi connectivity index (χ0n) is 20.7. The molecule has 8 heteroatoms. The highest BCUT2D eigenvalue weighted by atomic mass is 16.7. The summed E-state index contributed by atoms with van der Waals surface area (Å²) in [6.07, 6.45) is 6.87. The topological polar surface area (TPSA) is 140 Å². The maximum atomic E-state index is 10.4. The molecule has 8 nitrogen and oxygen atoms in total. The van der Waals surface area contributed by atoms with Crippen molar-refractivity contribution in [2.45, 2.75) is 140 Å². The van der Waals surface area contributed by atoms with Gasteiger partial charge in [-0.15, -0.1) is 0 Å². The zero-order valence-corrected chi connectivity index (χ0v) is 20.7. The molecule has 0 radical (unpaired) electrons. The number of hydrogen-bond donors (Lipinski definition) is 6. The lowest BCUT2D eigenvalue weighted by Gasteiger charge is -2.40. The Morgan fingerprint density at radius 2 is 1.27 bits per heavy atom. The van der Waals surface area contributed by atoms with Gasteiger partial charge in [-0.3, -0.25) is 0 Å². The molecule has 0 aliphatic carbocycles. The van der Waals surface area contributed by atoms with E-state index >= 15 is 0 Å². The van der Waals surface area contributed by atoms with Crippen LogP contribution >= 0.6 is 0 Å². The minimum absolute atomic E-state index is 0.0145. The largest absolute Gasteiger partial charge is 0.394 e. The van der Waals surface area contributed by atoms with Crippen molar-refractivity contribution in [1.82, 2.24) is 0 Å². The van der Waals surface area contributed by atoms with E-state index in [1.54, 1.807) is 6.92 Å². The van der Waals surface area contributed by atoms with Crippen LogP contribution in [0.1, 0.15) is 97.3 Å². The quantitative estimate of drug-likeness (QED) is 0.155. The Bertz CT molecular complexity index is 464. The number of ether oxygens (including phenoxy) is 2. The van der Waals surface area contributed by atoms with Crippen LogP contribution < -0.4 is 0 Å². The molecule has 0 aromatic heterocycles. The summed E-state index contributed by atoms with van der Waals surface area (Å²) in [6, 6.07) is 0. The SMILES string of the molecule is CCCCCCCCCCCCCC[C@@H](O)[C@@H](O)[C@@H](C)CO[C@H]1OC(CO)[C@H](O)C(O)C1O. The van der Waals surface area contributed by atoms with E-state index in [1.807, 2.05) is 0 Å². The first-order chi connectivity index (χ1) is 15.8. The Hall–Kier alpha value is -0.320. The van der Waals surface area contributed by atoms with E-state index in [-0.39, 0.29) is 6.61 Å². The molecule has 0 aromatic rings. The van der Waals surface area contributed by atoms with Crippen LogP contribution in [-0.4, -0.2) is 86.8 Å². The van der Waals surface area contributed by atoms with E-state index in [1.165, 1.54) is 57.8 Å². The molecule has 8 atom stereocenters. The molecule has 1 aliphatic heterocycles. The van der Waals surface area contributed by atoms with Gasteiger partial charge in [0.1, 0.15) is 24.4 Å². The molecule has 3 unspecified atom stereocenters. The van der Waals surface area contributed by atoms with Crippen LogP contribution in [0.3, 0.4) is 0 Å². The van der Waals surface area contributed by atoms with Gasteiger partial charge in [-0.1, -0.05) is 90.9 Å². The van der Waals surface area contributed by atoms with Crippen LogP contribution in [0.25, 0.3) is 0 Å². The van der Waals surface area contributed by atoms with Gasteiger partial charge in [0.05, 0.1) is 25.4 Å². The molecule has 33 heavy (non-hydrogen) atoms. The number of aliphatic hydroxyl groups is 6. The van der Waals surface area contributed by atoms with Crippen molar-refractivity contribution < 1.29 is 40.1 Å². The summed E-state index contributed by atoms with van der Waals surface area (Å²) in [6.45, 7) is 3.42. The van der Waals surface area contributed by atoms with Crippen LogP contribution in [-0.2, 0) is 9.47 Å². The average Bonchev–Trinajstić information content (AvgIpc) is 2.82. The van der Waals surface area contributed by atoms with Crippen molar-refractivity contribution in [3.05, 3.63) is 0 Å². The van der Waals surface area contributed by atoms with Gasteiger partial charge in [0, 0.05) is 5.92 Å². The lowest BCUT2D eigenvalue weighted by Crippen LogP contribution is -2.59. The maximum Gasteiger partial charge on any atom is 0.186 e. The van der Waals surface area contributed by atoms with Crippen molar-refractivity contribution in [2.24, 2.45) is 5.92 Å². The summed E-state index contributed by atoms with van der Waals surface area (Å²) < 4.78 is 10.8. The smallest absolute Gasteiger partial charge is 0.186 e. The Kier molecular flexibility index (Phi) is 16.8. The van der Waals surface area contributed by atoms with E-state index < -0.39 is 55.4 Å². The van der Waals surface area contributed by atoms with Crippen molar-refractivity contribution in [2.75, 3.05) is 13.2 Å². The summed E-state index contributed by atoms with van der Waals surface area (Å²) in [5.41, 5.74) is 0. The Balaban J connectivity index is 2.12. The monoisotopic (exact) mass is 478 g/mol. The van der Waals surface area contributed by atoms with Gasteiger partial charge in [-0.2, -0.15) is 0 Å². The molecule has 1 rings (SSSR count). The van der Waals surface area contributed by atoms with Crippen molar-refractivity contribution in [3.63, 3.8) is 0 Å². The molecule has 1 aliphatic rings. The first-order valence-electron chi connectivity index (χ1n) is 13.1. The molecule has 0 saturated carbocycles. The van der Waals surface area contributed by atoms with Gasteiger partial charge < -0.3 is 40.1 Å². The summed E-state index contributed by atoms with van der Waals surface area (Å²) in [7, 11) is 0. The molecule has 1 saturated heterocycles. The fourth-order valence-corrected chi connectivity index (χ4v) is 4.29. The third-order valence-electron chi connectivity index (χ3n) is 6.70. The predicted molar refractivity (Wildman–Crippen MR) is 127 cm³/mol. The third kappa shape index (κ3) is 11.8. The van der Waals surface area contributed by atoms with Gasteiger partial charge in [-0.05, 0) is 6.42 Å². The second kappa shape index (κ2) is 18.0. The highest BCUT2D eigenvalue weighted by molar-refractivity contribution is 4.89. The third-order valence-corrected chi connectivity index (χ3v) is 6.70. The molecule has 6 N–H and O–H groups in total. The fourth-order valence-electron chi connectivity index (χ4n) is 4.29. The van der Waals surface area contributed by atoms with E-state index in [4.69, 9.17) is 9.47 Å². The molecular weight excluding hydrogens is 428 g/mol. The van der Waals surface area contributed by atoms with Crippen LogP contribution in [0.5, 0.6) is 0 Å². The minimum Gasteiger partial charge on any atom is -0.394 e. The minimum atomic E-state index is -1.50. The van der Waals surface area contributed by atoms with E-state index in [0.717, 1.165) is 19.3 Å². The average molecular weight is 479 g/mol. The van der Waals surface area contributed by atoms with Crippen LogP contribution in [0.15, 0.2) is 0 Å². The Labute approximate surface area is 199 Å². The van der Waals surface area contributed by atoms with E-state index in [2.05, 4.69) is 6.92 Å². The highest BCUT2D eigenvalue weighted by Gasteiger charge is 2.44. The van der Waals surface area contributed by atoms with Crippen LogP contribution in [0, 0.1) is 5.92 Å². The van der Waals surface area contributed by atoms with Crippen LogP contribution in [0.2, 0.25) is 0 Å². The number of aliphatic hydroxyl groups excluding tert-OH is 6. The zero-order chi connectivity index (χ0) is 24.6. The number of rotatable bonds is 19. The molecule has 0 amide bonds. The highest BCUT2D eigenvalue weighted by Crippen LogP contribution is 2.23. The maximum absolute atomic E-state index is 10.4. The van der Waals surface area contributed by atoms with Crippen molar-refractivity contribution >= 4 is 0 Å². The van der Waals surface area contributed by atoms with Crippen LogP contribution in [0.4, 0.5) is 0 Å². The standard InChI is InChI=1S/C25H50O8/c1-3-4-5-6-7-8-9-10-11-12-13-14-15-19(27)21(28)18(2)17-32-25-24(31)23(30)22(29)20(16-26)33-25/h18-31H,3-17H2,1-2H3/t18-,19+,20?,21-,22-,23?,24?,25-/m0/s1. The summed E-state index contributed by atoms with van der Waals surface area (Å²) in [5.74, 6) is -0.426. The first-order valence-corrected chi connectivity index (χ1v) is 13.1. The Morgan fingerprint density at radius 3 is 1.79 bits per heavy atom. The van der Waals surface area contributed by atoms with Gasteiger partial charge in [0.2, 0.25) is 0 Å². The van der Waals surface area contributed by atoms with E-state index in [9.17, 15) is 30.6 Å². The summed E-state index contributed by atoms with van der Waals surface area (Å²) in [5, 5.41) is 59.5. The summed E-state index contributed by atoms with van der Waals surface area (Å²) >= 11 is 0. The normalized spacial score (nSPS) is 28.5. The van der Waals surface area contributed by atoms with Gasteiger partial charge in [0.15, 0.2) is 6.29 Å². The predicted octanol–water partition coefficient (Wildman–Crippen LogP) is 2.25. The number of hydrogen-bond acceptors (Lipinski definition) is 8. The molecule has 198 valence electrons. The lowest BCUT2D eigenvalue weighted by atomic mass is 9.96. The van der Waals surface area contributed by atoms with Gasteiger partial charge in [0.25, 0.3) is 0 Å². The molecule has 0 aromatic carbocycles. The molecule has 0 bridgehead atoms. The van der Waals surface area contributed by atoms with Crippen molar-refractivity contribution in [3.8, 4) is 0 Å². The van der Waals surface area contributed by atoms with Gasteiger partial charge >= 0.3 is 0 Å². The number of unbranched alkanes of at least 4 members (excludes halogenated alkanes) is 11. The second-order valence-electron chi connectivity index (χ2n) is 9.74. The fraction of sp³-hybridized carbons (Fsp3) is 1.00.